The van der Waals surface area contributed by atoms with Gasteiger partial charge in [-0.3, -0.25) is 0 Å². The molecule has 0 radical (unpaired) electrons. The summed E-state index contributed by atoms with van der Waals surface area (Å²) >= 11 is 0. The van der Waals surface area contributed by atoms with Gasteiger partial charge in [0.1, 0.15) is 0 Å². The van der Waals surface area contributed by atoms with Crippen LogP contribution in [-0.4, -0.2) is 14.5 Å². The highest BCUT2D eigenvalue weighted by Crippen LogP contribution is 2.52. The molecule has 0 saturated carbocycles. The Morgan fingerprint density at radius 2 is 0.942 bits per heavy atom. The number of hydrogen-bond acceptors (Lipinski definition) is 2. The third-order valence-corrected chi connectivity index (χ3v) is 10.3. The Kier molecular flexibility index (Phi) is 7.21. The van der Waals surface area contributed by atoms with Gasteiger partial charge in [0.2, 0.25) is 0 Å². The zero-order valence-corrected chi connectivity index (χ0v) is 28.4. The molecule has 1 aliphatic carbocycles. The van der Waals surface area contributed by atoms with Crippen LogP contribution in [0.15, 0.2) is 194 Å². The lowest BCUT2D eigenvalue weighted by molar-refractivity contribution is 0.984. The van der Waals surface area contributed by atoms with E-state index in [4.69, 9.17) is 9.97 Å². The molecule has 2 aromatic heterocycles. The molecule has 1 aliphatic rings. The first-order chi connectivity index (χ1) is 25.8. The quantitative estimate of drug-likeness (QED) is 0.183. The first-order valence-electron chi connectivity index (χ1n) is 17.8. The van der Waals surface area contributed by atoms with Crippen molar-refractivity contribution in [3.05, 3.63) is 211 Å². The Bertz CT molecular complexity index is 2650. The second-order valence-electron chi connectivity index (χ2n) is 13.3. The topological polar surface area (TPSA) is 30.7 Å². The van der Waals surface area contributed by atoms with Crippen molar-refractivity contribution in [3.63, 3.8) is 0 Å². The highest BCUT2D eigenvalue weighted by atomic mass is 15.0. The van der Waals surface area contributed by atoms with Crippen LogP contribution in [0, 0.1) is 0 Å². The van der Waals surface area contributed by atoms with E-state index in [1.165, 1.54) is 50.0 Å². The Balaban J connectivity index is 1.16. The number of fused-ring (bicyclic) bond motifs is 7. The van der Waals surface area contributed by atoms with Crippen LogP contribution in [0.25, 0.3) is 72.9 Å². The molecule has 1 atom stereocenters. The Morgan fingerprint density at radius 1 is 0.423 bits per heavy atom. The van der Waals surface area contributed by atoms with E-state index in [1.54, 1.807) is 0 Å². The predicted molar refractivity (Wildman–Crippen MR) is 213 cm³/mol. The summed E-state index contributed by atoms with van der Waals surface area (Å²) in [6.45, 7) is 0. The van der Waals surface area contributed by atoms with Crippen molar-refractivity contribution in [3.8, 4) is 62.0 Å². The maximum atomic E-state index is 5.10. The minimum atomic E-state index is 0.0216. The molecule has 0 spiro atoms. The van der Waals surface area contributed by atoms with E-state index < -0.39 is 0 Å². The van der Waals surface area contributed by atoms with Gasteiger partial charge in [0.25, 0.3) is 0 Å². The second-order valence-corrected chi connectivity index (χ2v) is 13.3. The third-order valence-electron chi connectivity index (χ3n) is 10.3. The van der Waals surface area contributed by atoms with E-state index in [0.29, 0.717) is 5.82 Å². The molecule has 244 valence electrons. The van der Waals surface area contributed by atoms with Crippen LogP contribution in [-0.2, 0) is 0 Å². The summed E-state index contributed by atoms with van der Waals surface area (Å²) in [7, 11) is 0. The minimum absolute atomic E-state index is 0.0216. The van der Waals surface area contributed by atoms with Gasteiger partial charge in [-0.25, -0.2) is 9.97 Å². The Labute approximate surface area is 303 Å². The molecule has 0 saturated heterocycles. The van der Waals surface area contributed by atoms with E-state index in [9.17, 15) is 0 Å². The van der Waals surface area contributed by atoms with Crippen molar-refractivity contribution < 1.29 is 0 Å². The Morgan fingerprint density at radius 3 is 1.60 bits per heavy atom. The van der Waals surface area contributed by atoms with Crippen molar-refractivity contribution in [2.24, 2.45) is 0 Å². The normalized spacial score (nSPS) is 13.2. The van der Waals surface area contributed by atoms with Crippen molar-refractivity contribution in [1.82, 2.24) is 14.5 Å². The molecule has 10 rings (SSSR count). The molecule has 9 aromatic rings. The molecule has 1 unspecified atom stereocenters. The first-order valence-corrected chi connectivity index (χ1v) is 17.8. The molecule has 0 fully saturated rings. The maximum absolute atomic E-state index is 5.10. The van der Waals surface area contributed by atoms with E-state index >= 15 is 0 Å². The van der Waals surface area contributed by atoms with Crippen LogP contribution in [0.4, 0.5) is 0 Å². The van der Waals surface area contributed by atoms with Crippen molar-refractivity contribution in [2.45, 2.75) is 5.92 Å². The van der Waals surface area contributed by atoms with Gasteiger partial charge in [0.05, 0.1) is 22.6 Å². The number of benzene rings is 7. The number of para-hydroxylation sites is 2. The van der Waals surface area contributed by atoms with Gasteiger partial charge in [-0.15, -0.1) is 0 Å². The SMILES string of the molecule is c1ccc(-c2cc(-c3ccccc3)nc(-c3ccc(C4c5ccccc5-c5c(n(-c6ccccc6)c6ccccc56)-c5ccccc54)cc3)n2)cc1. The van der Waals surface area contributed by atoms with E-state index in [-0.39, 0.29) is 5.92 Å². The van der Waals surface area contributed by atoms with Crippen LogP contribution >= 0.6 is 0 Å². The third kappa shape index (κ3) is 4.98. The van der Waals surface area contributed by atoms with Crippen LogP contribution < -0.4 is 0 Å². The van der Waals surface area contributed by atoms with Gasteiger partial charge in [-0.05, 0) is 46.5 Å². The maximum Gasteiger partial charge on any atom is 0.160 e. The van der Waals surface area contributed by atoms with E-state index in [0.717, 1.165) is 33.8 Å². The molecular weight excluding hydrogens is 631 g/mol. The standard InChI is InChI=1S/C49H33N3/c1-4-16-33(17-5-1)43-32-44(34-18-6-2-7-19-34)51-49(50-43)36-30-28-35(29-31-36)46-38-22-10-11-23-39(38)47-42-26-14-15-27-45(42)52(37-20-8-3-9-21-37)48(47)41-25-13-12-24-40(41)46/h1-32,46H. The number of rotatable bonds is 5. The largest absolute Gasteiger partial charge is 0.309 e. The highest BCUT2D eigenvalue weighted by Gasteiger charge is 2.32. The monoisotopic (exact) mass is 663 g/mol. The van der Waals surface area contributed by atoms with Crippen molar-refractivity contribution in [2.75, 3.05) is 0 Å². The van der Waals surface area contributed by atoms with Crippen LogP contribution in [0.3, 0.4) is 0 Å². The lowest BCUT2D eigenvalue weighted by Gasteiger charge is -2.22. The lowest BCUT2D eigenvalue weighted by Crippen LogP contribution is -2.06. The first kappa shape index (κ1) is 30.0. The summed E-state index contributed by atoms with van der Waals surface area (Å²) < 4.78 is 2.45. The second kappa shape index (κ2) is 12.5. The van der Waals surface area contributed by atoms with Gasteiger partial charge < -0.3 is 4.57 Å². The molecule has 0 amide bonds. The van der Waals surface area contributed by atoms with Gasteiger partial charge in [-0.2, -0.15) is 0 Å². The van der Waals surface area contributed by atoms with Gasteiger partial charge in [-0.1, -0.05) is 170 Å². The Hall–Kier alpha value is -6.84. The highest BCUT2D eigenvalue weighted by molar-refractivity contribution is 6.08. The molecular formula is C49H33N3. The predicted octanol–water partition coefficient (Wildman–Crippen LogP) is 12.2. The molecule has 3 heteroatoms. The van der Waals surface area contributed by atoms with Gasteiger partial charge in [0, 0.05) is 44.8 Å². The molecule has 0 aliphatic heterocycles. The molecule has 2 heterocycles. The summed E-state index contributed by atoms with van der Waals surface area (Å²) in [6.07, 6.45) is 0. The van der Waals surface area contributed by atoms with E-state index in [2.05, 4.69) is 187 Å². The fraction of sp³-hybridized carbons (Fsp3) is 0.0204. The van der Waals surface area contributed by atoms with Crippen LogP contribution in [0.1, 0.15) is 22.6 Å². The number of nitrogens with zero attached hydrogens (tertiary/aromatic N) is 3. The number of aromatic nitrogens is 3. The smallest absolute Gasteiger partial charge is 0.160 e. The lowest BCUT2D eigenvalue weighted by atomic mass is 9.82. The minimum Gasteiger partial charge on any atom is -0.309 e. The molecule has 3 nitrogen and oxygen atoms in total. The zero-order chi connectivity index (χ0) is 34.4. The van der Waals surface area contributed by atoms with Crippen LogP contribution in [0.5, 0.6) is 0 Å². The van der Waals surface area contributed by atoms with Gasteiger partial charge in [0.15, 0.2) is 5.82 Å². The molecule has 7 aromatic carbocycles. The average Bonchev–Trinajstić information content (AvgIpc) is 3.51. The fourth-order valence-corrected chi connectivity index (χ4v) is 7.99. The summed E-state index contributed by atoms with van der Waals surface area (Å²) in [4.78, 5) is 10.2. The molecule has 0 N–H and O–H groups in total. The van der Waals surface area contributed by atoms with E-state index in [1.807, 2.05) is 12.1 Å². The number of hydrogen-bond donors (Lipinski definition) is 0. The van der Waals surface area contributed by atoms with Crippen molar-refractivity contribution >= 4 is 10.9 Å². The molecule has 0 bridgehead atoms. The summed E-state index contributed by atoms with van der Waals surface area (Å²) in [5.74, 6) is 0.734. The fourth-order valence-electron chi connectivity index (χ4n) is 7.99. The summed E-state index contributed by atoms with van der Waals surface area (Å²) in [5.41, 5.74) is 16.1. The summed E-state index contributed by atoms with van der Waals surface area (Å²) in [5, 5.41) is 1.25. The zero-order valence-electron chi connectivity index (χ0n) is 28.4. The van der Waals surface area contributed by atoms with Crippen LogP contribution in [0.2, 0.25) is 0 Å². The molecule has 52 heavy (non-hydrogen) atoms. The summed E-state index contributed by atoms with van der Waals surface area (Å²) in [6, 6.07) is 69.2. The van der Waals surface area contributed by atoms with Gasteiger partial charge >= 0.3 is 0 Å². The van der Waals surface area contributed by atoms with Crippen molar-refractivity contribution in [1.29, 1.82) is 0 Å². The average molecular weight is 664 g/mol.